The number of rotatable bonds is 4. The Bertz CT molecular complexity index is 397. The minimum absolute atomic E-state index is 0.566. The van der Waals surface area contributed by atoms with Gasteiger partial charge in [0, 0.05) is 24.7 Å². The van der Waals surface area contributed by atoms with Crippen LogP contribution < -0.4 is 4.90 Å². The lowest BCUT2D eigenvalue weighted by atomic mass is 9.85. The van der Waals surface area contributed by atoms with Gasteiger partial charge < -0.3 is 4.90 Å². The van der Waals surface area contributed by atoms with Crippen LogP contribution in [0.25, 0.3) is 0 Å². The standard InChI is InChI=1S/C16H25ClN2/c1-4-14-9-13(11-17)10-16(18-14)19(3)15-8-6-5-7-12(15)2/h9-10,12,15H,4-8,11H2,1-3H3. The molecule has 1 aliphatic carbocycles. The zero-order valence-corrected chi connectivity index (χ0v) is 13.1. The first-order chi connectivity index (χ1) is 9.15. The van der Waals surface area contributed by atoms with Crippen molar-refractivity contribution in [2.75, 3.05) is 11.9 Å². The van der Waals surface area contributed by atoms with E-state index in [1.807, 2.05) is 0 Å². The Labute approximate surface area is 122 Å². The SMILES string of the molecule is CCc1cc(CCl)cc(N(C)C2CCCCC2C)n1. The topological polar surface area (TPSA) is 16.1 Å². The number of halogens is 1. The minimum atomic E-state index is 0.566. The van der Waals surface area contributed by atoms with Crippen molar-refractivity contribution in [1.82, 2.24) is 4.98 Å². The van der Waals surface area contributed by atoms with Gasteiger partial charge in [-0.15, -0.1) is 11.6 Å². The number of nitrogens with zero attached hydrogens (tertiary/aromatic N) is 2. The zero-order chi connectivity index (χ0) is 13.8. The number of alkyl halides is 1. The molecule has 0 saturated heterocycles. The molecule has 2 nitrogen and oxygen atoms in total. The molecule has 19 heavy (non-hydrogen) atoms. The smallest absolute Gasteiger partial charge is 0.129 e. The van der Waals surface area contributed by atoms with E-state index in [9.17, 15) is 0 Å². The molecule has 3 heteroatoms. The normalized spacial score (nSPS) is 23.4. The predicted octanol–water partition coefficient (Wildman–Crippen LogP) is 4.40. The molecule has 0 amide bonds. The molecule has 1 fully saturated rings. The fraction of sp³-hybridized carbons (Fsp3) is 0.688. The zero-order valence-electron chi connectivity index (χ0n) is 12.3. The van der Waals surface area contributed by atoms with Gasteiger partial charge in [0.05, 0.1) is 0 Å². The van der Waals surface area contributed by atoms with Crippen LogP contribution in [0.4, 0.5) is 5.82 Å². The van der Waals surface area contributed by atoms with E-state index >= 15 is 0 Å². The van der Waals surface area contributed by atoms with E-state index in [4.69, 9.17) is 16.6 Å². The van der Waals surface area contributed by atoms with Gasteiger partial charge in [0.1, 0.15) is 5.82 Å². The Morgan fingerprint density at radius 2 is 2.05 bits per heavy atom. The molecular weight excluding hydrogens is 256 g/mol. The van der Waals surface area contributed by atoms with Crippen LogP contribution in [0.5, 0.6) is 0 Å². The highest BCUT2D eigenvalue weighted by Crippen LogP contribution is 2.30. The summed E-state index contributed by atoms with van der Waals surface area (Å²) < 4.78 is 0. The second-order valence-corrected chi connectivity index (χ2v) is 6.02. The van der Waals surface area contributed by atoms with E-state index in [-0.39, 0.29) is 0 Å². The van der Waals surface area contributed by atoms with Crippen molar-refractivity contribution in [2.45, 2.75) is 57.9 Å². The van der Waals surface area contributed by atoms with Gasteiger partial charge in [-0.05, 0) is 42.9 Å². The van der Waals surface area contributed by atoms with E-state index in [0.717, 1.165) is 23.9 Å². The second-order valence-electron chi connectivity index (χ2n) is 5.75. The van der Waals surface area contributed by atoms with Crippen molar-refractivity contribution >= 4 is 17.4 Å². The molecule has 1 heterocycles. The summed E-state index contributed by atoms with van der Waals surface area (Å²) in [6.45, 7) is 4.51. The number of pyridine rings is 1. The highest BCUT2D eigenvalue weighted by molar-refractivity contribution is 6.17. The number of hydrogen-bond acceptors (Lipinski definition) is 2. The number of anilines is 1. The Kier molecular flexibility index (Phi) is 5.09. The number of aryl methyl sites for hydroxylation is 1. The molecule has 2 atom stereocenters. The Morgan fingerprint density at radius 3 is 2.68 bits per heavy atom. The Hall–Kier alpha value is -0.760. The van der Waals surface area contributed by atoms with Crippen LogP contribution in [0.1, 0.15) is 50.8 Å². The summed E-state index contributed by atoms with van der Waals surface area (Å²) in [6.07, 6.45) is 6.30. The summed E-state index contributed by atoms with van der Waals surface area (Å²) in [5, 5.41) is 0. The van der Waals surface area contributed by atoms with Gasteiger partial charge in [0.2, 0.25) is 0 Å². The average Bonchev–Trinajstić information content (AvgIpc) is 2.46. The maximum absolute atomic E-state index is 6.00. The first kappa shape index (κ1) is 14.6. The van der Waals surface area contributed by atoms with Crippen molar-refractivity contribution in [3.05, 3.63) is 23.4 Å². The third kappa shape index (κ3) is 3.42. The molecule has 0 aliphatic heterocycles. The fourth-order valence-corrected chi connectivity index (χ4v) is 3.27. The predicted molar refractivity (Wildman–Crippen MR) is 83.0 cm³/mol. The molecule has 0 radical (unpaired) electrons. The molecular formula is C16H25ClN2. The summed E-state index contributed by atoms with van der Waals surface area (Å²) >= 11 is 6.00. The van der Waals surface area contributed by atoms with Crippen LogP contribution in [0.3, 0.4) is 0 Å². The first-order valence-corrected chi connectivity index (χ1v) is 7.97. The molecule has 0 aromatic carbocycles. The van der Waals surface area contributed by atoms with E-state index in [0.29, 0.717) is 11.9 Å². The number of hydrogen-bond donors (Lipinski definition) is 0. The third-order valence-electron chi connectivity index (χ3n) is 4.37. The van der Waals surface area contributed by atoms with Crippen molar-refractivity contribution in [1.29, 1.82) is 0 Å². The van der Waals surface area contributed by atoms with Crippen LogP contribution >= 0.6 is 11.6 Å². The lowest BCUT2D eigenvalue weighted by Gasteiger charge is -2.37. The average molecular weight is 281 g/mol. The highest BCUT2D eigenvalue weighted by atomic mass is 35.5. The van der Waals surface area contributed by atoms with Gasteiger partial charge in [-0.25, -0.2) is 4.98 Å². The van der Waals surface area contributed by atoms with E-state index in [2.05, 4.69) is 37.9 Å². The Morgan fingerprint density at radius 1 is 1.32 bits per heavy atom. The van der Waals surface area contributed by atoms with Crippen LogP contribution in [-0.2, 0) is 12.3 Å². The summed E-state index contributed by atoms with van der Waals surface area (Å²) in [7, 11) is 2.19. The van der Waals surface area contributed by atoms with Crippen LogP contribution in [0, 0.1) is 5.92 Å². The van der Waals surface area contributed by atoms with Crippen LogP contribution in [0.2, 0.25) is 0 Å². The van der Waals surface area contributed by atoms with E-state index in [1.165, 1.54) is 31.2 Å². The van der Waals surface area contributed by atoms with Gasteiger partial charge in [-0.3, -0.25) is 0 Å². The quantitative estimate of drug-likeness (QED) is 0.760. The van der Waals surface area contributed by atoms with Crippen molar-refractivity contribution < 1.29 is 0 Å². The van der Waals surface area contributed by atoms with Crippen molar-refractivity contribution in [3.63, 3.8) is 0 Å². The van der Waals surface area contributed by atoms with E-state index < -0.39 is 0 Å². The van der Waals surface area contributed by atoms with Gasteiger partial charge in [-0.1, -0.05) is 26.7 Å². The number of aromatic nitrogens is 1. The van der Waals surface area contributed by atoms with Crippen LogP contribution in [-0.4, -0.2) is 18.1 Å². The fourth-order valence-electron chi connectivity index (χ4n) is 3.11. The first-order valence-electron chi connectivity index (χ1n) is 7.44. The molecule has 2 unspecified atom stereocenters. The van der Waals surface area contributed by atoms with Crippen molar-refractivity contribution in [3.8, 4) is 0 Å². The summed E-state index contributed by atoms with van der Waals surface area (Å²) in [6, 6.07) is 4.89. The molecule has 1 aromatic heterocycles. The lowest BCUT2D eigenvalue weighted by molar-refractivity contribution is 0.320. The second kappa shape index (κ2) is 6.60. The minimum Gasteiger partial charge on any atom is -0.356 e. The monoisotopic (exact) mass is 280 g/mol. The van der Waals surface area contributed by atoms with E-state index in [1.54, 1.807) is 0 Å². The molecule has 1 aromatic rings. The summed E-state index contributed by atoms with van der Waals surface area (Å²) in [5.41, 5.74) is 2.32. The molecule has 106 valence electrons. The van der Waals surface area contributed by atoms with Gasteiger partial charge in [-0.2, -0.15) is 0 Å². The van der Waals surface area contributed by atoms with Gasteiger partial charge in [0.25, 0.3) is 0 Å². The molecule has 1 saturated carbocycles. The molecule has 0 spiro atoms. The van der Waals surface area contributed by atoms with Crippen molar-refractivity contribution in [2.24, 2.45) is 5.92 Å². The molecule has 0 N–H and O–H groups in total. The third-order valence-corrected chi connectivity index (χ3v) is 4.67. The van der Waals surface area contributed by atoms with Crippen LogP contribution in [0.15, 0.2) is 12.1 Å². The summed E-state index contributed by atoms with van der Waals surface area (Å²) in [5.74, 6) is 2.41. The molecule has 1 aliphatic rings. The Balaban J connectivity index is 2.24. The van der Waals surface area contributed by atoms with Gasteiger partial charge in [0.15, 0.2) is 0 Å². The van der Waals surface area contributed by atoms with Gasteiger partial charge >= 0.3 is 0 Å². The lowest BCUT2D eigenvalue weighted by Crippen LogP contribution is -2.39. The highest BCUT2D eigenvalue weighted by Gasteiger charge is 2.26. The maximum atomic E-state index is 6.00. The largest absolute Gasteiger partial charge is 0.356 e. The summed E-state index contributed by atoms with van der Waals surface area (Å²) in [4.78, 5) is 7.15. The maximum Gasteiger partial charge on any atom is 0.129 e. The molecule has 0 bridgehead atoms. The molecule has 2 rings (SSSR count).